The number of hydrogen-bond acceptors (Lipinski definition) is 4. The van der Waals surface area contributed by atoms with Crippen LogP contribution < -0.4 is 14.8 Å². The van der Waals surface area contributed by atoms with Crippen molar-refractivity contribution in [2.24, 2.45) is 0 Å². The second-order valence-corrected chi connectivity index (χ2v) is 6.19. The number of carbonyl (C=O) groups is 1. The van der Waals surface area contributed by atoms with Gasteiger partial charge in [-0.2, -0.15) is 0 Å². The number of benzene rings is 2. The van der Waals surface area contributed by atoms with Crippen LogP contribution in [0.4, 0.5) is 0 Å². The summed E-state index contributed by atoms with van der Waals surface area (Å²) in [5, 5.41) is 12.3. The lowest BCUT2D eigenvalue weighted by Gasteiger charge is -2.17. The van der Waals surface area contributed by atoms with E-state index in [2.05, 4.69) is 17.4 Å². The molecule has 2 rings (SSSR count). The van der Waals surface area contributed by atoms with Crippen LogP contribution in [-0.4, -0.2) is 37.4 Å². The molecule has 1 amide bonds. The fraction of sp³-hybridized carbons (Fsp3) is 0.409. The third-order valence-corrected chi connectivity index (χ3v) is 4.33. The zero-order valence-electron chi connectivity index (χ0n) is 16.1. The van der Waals surface area contributed by atoms with Crippen LogP contribution in [0.2, 0.25) is 0 Å². The average Bonchev–Trinajstić information content (AvgIpc) is 2.69. The summed E-state index contributed by atoms with van der Waals surface area (Å²) in [5.74, 6) is 1.29. The maximum absolute atomic E-state index is 12.5. The van der Waals surface area contributed by atoms with Gasteiger partial charge in [0.2, 0.25) is 0 Å². The summed E-state index contributed by atoms with van der Waals surface area (Å²) >= 11 is 0. The molecule has 0 fully saturated rings. The molecule has 2 aromatic rings. The fourth-order valence-electron chi connectivity index (χ4n) is 3.01. The van der Waals surface area contributed by atoms with E-state index in [1.54, 1.807) is 18.2 Å². The van der Waals surface area contributed by atoms with Crippen LogP contribution in [0.25, 0.3) is 0 Å². The van der Waals surface area contributed by atoms with Crippen molar-refractivity contribution in [3.63, 3.8) is 0 Å². The Bertz CT molecular complexity index is 703. The Morgan fingerprint density at radius 1 is 1.00 bits per heavy atom. The van der Waals surface area contributed by atoms with Gasteiger partial charge in [-0.25, -0.2) is 0 Å². The summed E-state index contributed by atoms with van der Waals surface area (Å²) in [4.78, 5) is 12.5. The van der Waals surface area contributed by atoms with Crippen molar-refractivity contribution in [1.29, 1.82) is 0 Å². The van der Waals surface area contributed by atoms with Crippen LogP contribution in [-0.2, 0) is 0 Å². The van der Waals surface area contributed by atoms with E-state index in [4.69, 9.17) is 9.47 Å². The quantitative estimate of drug-likeness (QED) is 0.631. The number of ether oxygens (including phenoxy) is 2. The predicted molar refractivity (Wildman–Crippen MR) is 107 cm³/mol. The average molecular weight is 371 g/mol. The molecule has 0 saturated carbocycles. The van der Waals surface area contributed by atoms with Gasteiger partial charge in [0, 0.05) is 18.7 Å². The van der Waals surface area contributed by atoms with E-state index in [1.807, 2.05) is 32.0 Å². The van der Waals surface area contributed by atoms with Crippen molar-refractivity contribution in [1.82, 2.24) is 5.32 Å². The molecule has 1 atom stereocenters. The van der Waals surface area contributed by atoms with E-state index in [0.29, 0.717) is 43.2 Å². The molecule has 5 nitrogen and oxygen atoms in total. The Morgan fingerprint density at radius 2 is 1.70 bits per heavy atom. The lowest BCUT2D eigenvalue weighted by Crippen LogP contribution is -2.26. The smallest absolute Gasteiger partial charge is 0.251 e. The molecule has 0 aliphatic heterocycles. The van der Waals surface area contributed by atoms with Crippen LogP contribution in [0.3, 0.4) is 0 Å². The Labute approximate surface area is 161 Å². The minimum atomic E-state index is -0.144. The zero-order chi connectivity index (χ0) is 19.5. The van der Waals surface area contributed by atoms with Gasteiger partial charge in [-0.3, -0.25) is 4.79 Å². The second-order valence-electron chi connectivity index (χ2n) is 6.19. The standard InChI is InChI=1S/C22H29NO4/c1-3-26-20-11-10-19(16-21(20)27-4-2)22(25)23-14-12-18(13-15-24)17-8-6-5-7-9-17/h5-11,16,18,24H,3-4,12-15H2,1-2H3,(H,23,25). The number of amides is 1. The van der Waals surface area contributed by atoms with Crippen molar-refractivity contribution in [3.05, 3.63) is 59.7 Å². The minimum Gasteiger partial charge on any atom is -0.490 e. The van der Waals surface area contributed by atoms with Crippen molar-refractivity contribution in [2.75, 3.05) is 26.4 Å². The SMILES string of the molecule is CCOc1ccc(C(=O)NCCC(CCO)c2ccccc2)cc1OCC. The number of aliphatic hydroxyl groups is 1. The van der Waals surface area contributed by atoms with Crippen LogP contribution in [0.15, 0.2) is 48.5 Å². The van der Waals surface area contributed by atoms with E-state index < -0.39 is 0 Å². The topological polar surface area (TPSA) is 67.8 Å². The summed E-state index contributed by atoms with van der Waals surface area (Å²) < 4.78 is 11.1. The Morgan fingerprint density at radius 3 is 2.37 bits per heavy atom. The summed E-state index contributed by atoms with van der Waals surface area (Å²) in [5.41, 5.74) is 1.72. The number of carbonyl (C=O) groups excluding carboxylic acids is 1. The molecule has 0 bridgehead atoms. The van der Waals surface area contributed by atoms with E-state index in [0.717, 1.165) is 6.42 Å². The lowest BCUT2D eigenvalue weighted by molar-refractivity contribution is 0.0951. The highest BCUT2D eigenvalue weighted by molar-refractivity contribution is 5.94. The van der Waals surface area contributed by atoms with Crippen LogP contribution >= 0.6 is 0 Å². The van der Waals surface area contributed by atoms with Gasteiger partial charge in [0.15, 0.2) is 11.5 Å². The van der Waals surface area contributed by atoms with Crippen molar-refractivity contribution in [3.8, 4) is 11.5 Å². The van der Waals surface area contributed by atoms with Crippen molar-refractivity contribution >= 4 is 5.91 Å². The lowest BCUT2D eigenvalue weighted by atomic mass is 9.93. The molecule has 2 N–H and O–H groups in total. The number of rotatable bonds is 11. The Balaban J connectivity index is 1.97. The maximum atomic E-state index is 12.5. The van der Waals surface area contributed by atoms with Gasteiger partial charge in [-0.15, -0.1) is 0 Å². The van der Waals surface area contributed by atoms with Crippen LogP contribution in [0, 0.1) is 0 Å². The number of nitrogens with one attached hydrogen (secondary N) is 1. The highest BCUT2D eigenvalue weighted by Gasteiger charge is 2.14. The van der Waals surface area contributed by atoms with Crippen molar-refractivity contribution in [2.45, 2.75) is 32.6 Å². The molecular weight excluding hydrogens is 342 g/mol. The summed E-state index contributed by atoms with van der Waals surface area (Å²) in [7, 11) is 0. The number of aliphatic hydroxyl groups excluding tert-OH is 1. The van der Waals surface area contributed by atoms with E-state index in [9.17, 15) is 9.90 Å². The first-order valence-electron chi connectivity index (χ1n) is 9.53. The molecule has 5 heteroatoms. The third kappa shape index (κ3) is 6.29. The predicted octanol–water partition coefficient (Wildman–Crippen LogP) is 3.77. The normalized spacial score (nSPS) is 11.7. The third-order valence-electron chi connectivity index (χ3n) is 4.33. The molecule has 2 aromatic carbocycles. The van der Waals surface area contributed by atoms with Gasteiger partial charge >= 0.3 is 0 Å². The molecular formula is C22H29NO4. The van der Waals surface area contributed by atoms with Gasteiger partial charge in [0.25, 0.3) is 5.91 Å². The molecule has 27 heavy (non-hydrogen) atoms. The molecule has 0 saturated heterocycles. The van der Waals surface area contributed by atoms with Crippen molar-refractivity contribution < 1.29 is 19.4 Å². The summed E-state index contributed by atoms with van der Waals surface area (Å²) in [6.07, 6.45) is 1.45. The largest absolute Gasteiger partial charge is 0.490 e. The minimum absolute atomic E-state index is 0.129. The molecule has 146 valence electrons. The molecule has 0 aliphatic rings. The zero-order valence-corrected chi connectivity index (χ0v) is 16.1. The first-order valence-corrected chi connectivity index (χ1v) is 9.53. The van der Waals surface area contributed by atoms with Crippen LogP contribution in [0.1, 0.15) is 48.5 Å². The first-order chi connectivity index (χ1) is 13.2. The number of hydrogen-bond donors (Lipinski definition) is 2. The van der Waals surface area contributed by atoms with Gasteiger partial charge in [-0.1, -0.05) is 30.3 Å². The van der Waals surface area contributed by atoms with E-state index in [-0.39, 0.29) is 18.4 Å². The van der Waals surface area contributed by atoms with Crippen LogP contribution in [0.5, 0.6) is 11.5 Å². The second kappa shape index (κ2) is 11.2. The summed E-state index contributed by atoms with van der Waals surface area (Å²) in [6, 6.07) is 15.3. The molecule has 0 aromatic heterocycles. The Hall–Kier alpha value is -2.53. The molecule has 0 spiro atoms. The van der Waals surface area contributed by atoms with Gasteiger partial charge in [0.05, 0.1) is 13.2 Å². The highest BCUT2D eigenvalue weighted by Crippen LogP contribution is 2.28. The van der Waals surface area contributed by atoms with Gasteiger partial charge < -0.3 is 19.9 Å². The monoisotopic (exact) mass is 371 g/mol. The summed E-state index contributed by atoms with van der Waals surface area (Å²) in [6.45, 7) is 5.52. The first kappa shape index (κ1) is 20.8. The van der Waals surface area contributed by atoms with Gasteiger partial charge in [-0.05, 0) is 56.4 Å². The maximum Gasteiger partial charge on any atom is 0.251 e. The van der Waals surface area contributed by atoms with Gasteiger partial charge in [0.1, 0.15) is 0 Å². The fourth-order valence-corrected chi connectivity index (χ4v) is 3.01. The molecule has 0 heterocycles. The van der Waals surface area contributed by atoms with E-state index >= 15 is 0 Å². The highest BCUT2D eigenvalue weighted by atomic mass is 16.5. The Kier molecular flexibility index (Phi) is 8.65. The van der Waals surface area contributed by atoms with E-state index in [1.165, 1.54) is 5.56 Å². The molecule has 1 unspecified atom stereocenters. The molecule has 0 radical (unpaired) electrons. The molecule has 0 aliphatic carbocycles.